The summed E-state index contributed by atoms with van der Waals surface area (Å²) in [4.78, 5) is 4.19. The molecule has 1 aliphatic rings. The van der Waals surface area contributed by atoms with Crippen molar-refractivity contribution >= 4 is 28.1 Å². The molecule has 0 saturated heterocycles. The molecule has 2 aromatic heterocycles. The van der Waals surface area contributed by atoms with Crippen LogP contribution in [-0.2, 0) is 6.42 Å². The fourth-order valence-corrected chi connectivity index (χ4v) is 3.78. The van der Waals surface area contributed by atoms with Crippen LogP contribution in [0.25, 0.3) is 22.3 Å². The maximum absolute atomic E-state index is 9.14. The maximum atomic E-state index is 9.14. The lowest BCUT2D eigenvalue weighted by Gasteiger charge is -2.10. The van der Waals surface area contributed by atoms with Gasteiger partial charge in [0.05, 0.1) is 17.6 Å². The number of pyridine rings is 1. The Kier molecular flexibility index (Phi) is 3.86. The number of fused-ring (bicyclic) bond motifs is 2. The third kappa shape index (κ3) is 2.72. The van der Waals surface area contributed by atoms with Crippen LogP contribution in [0.2, 0.25) is 0 Å². The molecule has 0 spiro atoms. The van der Waals surface area contributed by atoms with Crippen molar-refractivity contribution in [2.75, 3.05) is 5.32 Å². The first-order valence-corrected chi connectivity index (χ1v) is 9.28. The molecule has 0 radical (unpaired) electrons. The summed E-state index contributed by atoms with van der Waals surface area (Å²) in [5.74, 6) is 0.793. The topological polar surface area (TPSA) is 70.7 Å². The Morgan fingerprint density at radius 3 is 2.75 bits per heavy atom. The largest absolute Gasteiger partial charge is 0.452 e. The zero-order chi connectivity index (χ0) is 19.1. The molecule has 0 aliphatic heterocycles. The molecule has 0 atom stereocenters. The number of aryl methyl sites for hydroxylation is 2. The van der Waals surface area contributed by atoms with E-state index in [-0.39, 0.29) is 0 Å². The fourth-order valence-electron chi connectivity index (χ4n) is 3.78. The van der Waals surface area contributed by atoms with E-state index in [1.54, 1.807) is 12.4 Å². The Bertz CT molecular complexity index is 1210. The third-order valence-electron chi connectivity index (χ3n) is 5.24. The molecule has 2 heterocycles. The van der Waals surface area contributed by atoms with Gasteiger partial charge in [-0.2, -0.15) is 0 Å². The number of anilines is 2. The van der Waals surface area contributed by atoms with Crippen LogP contribution in [0.15, 0.2) is 70.5 Å². The van der Waals surface area contributed by atoms with Crippen LogP contribution in [0.1, 0.15) is 23.1 Å². The Balaban J connectivity index is 1.61. The highest BCUT2D eigenvalue weighted by Crippen LogP contribution is 2.40. The summed E-state index contributed by atoms with van der Waals surface area (Å²) in [5, 5.41) is 17.1. The SMILES string of the molecule is Cc1ccc(-c2oc3cnccc3c2Nc2ccc3c(c2)CC/C3=N\O)cc1. The molecule has 0 fully saturated rings. The number of oxime groups is 1. The van der Waals surface area contributed by atoms with Crippen LogP contribution in [0.4, 0.5) is 11.4 Å². The lowest BCUT2D eigenvalue weighted by molar-refractivity contribution is 0.318. The molecular weight excluding hydrogens is 350 g/mol. The lowest BCUT2D eigenvalue weighted by atomic mass is 10.1. The summed E-state index contributed by atoms with van der Waals surface area (Å²) in [5.41, 5.74) is 7.83. The van der Waals surface area contributed by atoms with E-state index >= 15 is 0 Å². The second-order valence-corrected chi connectivity index (χ2v) is 7.09. The number of aromatic nitrogens is 1. The standard InChI is InChI=1S/C23H19N3O2/c1-14-2-4-15(5-3-14)23-22(19-10-11-24-13-21(19)28-23)25-17-7-8-18-16(12-17)6-9-20(18)26-27/h2-5,7-8,10-13,25,27H,6,9H2,1H3/b26-20+. The summed E-state index contributed by atoms with van der Waals surface area (Å²) in [6, 6.07) is 16.4. The molecule has 5 nitrogen and oxygen atoms in total. The normalized spacial score (nSPS) is 14.5. The Morgan fingerprint density at radius 1 is 1.07 bits per heavy atom. The zero-order valence-electron chi connectivity index (χ0n) is 15.4. The highest BCUT2D eigenvalue weighted by Gasteiger charge is 2.20. The predicted octanol–water partition coefficient (Wildman–Crippen LogP) is 5.67. The lowest BCUT2D eigenvalue weighted by Crippen LogP contribution is -1.96. The average molecular weight is 369 g/mol. The predicted molar refractivity (Wildman–Crippen MR) is 111 cm³/mol. The Morgan fingerprint density at radius 2 is 1.93 bits per heavy atom. The maximum Gasteiger partial charge on any atom is 0.158 e. The van der Waals surface area contributed by atoms with E-state index in [1.807, 2.05) is 18.2 Å². The average Bonchev–Trinajstić information content (AvgIpc) is 3.30. The Labute approximate surface area is 162 Å². The molecule has 1 aliphatic carbocycles. The molecule has 138 valence electrons. The molecule has 5 heteroatoms. The summed E-state index contributed by atoms with van der Waals surface area (Å²) in [6.07, 6.45) is 5.16. The number of benzene rings is 2. The van der Waals surface area contributed by atoms with Crippen molar-refractivity contribution < 1.29 is 9.62 Å². The van der Waals surface area contributed by atoms with E-state index in [1.165, 1.54) is 11.1 Å². The van der Waals surface area contributed by atoms with Crippen molar-refractivity contribution in [3.63, 3.8) is 0 Å². The highest BCUT2D eigenvalue weighted by atomic mass is 16.4. The molecule has 5 rings (SSSR count). The fraction of sp³-hybridized carbons (Fsp3) is 0.130. The highest BCUT2D eigenvalue weighted by molar-refractivity contribution is 6.05. The van der Waals surface area contributed by atoms with E-state index in [0.717, 1.165) is 57.8 Å². The van der Waals surface area contributed by atoms with Crippen molar-refractivity contribution in [3.05, 3.63) is 77.6 Å². The summed E-state index contributed by atoms with van der Waals surface area (Å²) < 4.78 is 6.15. The van der Waals surface area contributed by atoms with Crippen molar-refractivity contribution in [3.8, 4) is 11.3 Å². The van der Waals surface area contributed by atoms with Gasteiger partial charge in [-0.25, -0.2) is 0 Å². The van der Waals surface area contributed by atoms with Crippen LogP contribution in [0.5, 0.6) is 0 Å². The van der Waals surface area contributed by atoms with Gasteiger partial charge in [0, 0.05) is 28.4 Å². The number of nitrogens with one attached hydrogen (secondary N) is 1. The van der Waals surface area contributed by atoms with Gasteiger partial charge in [0.25, 0.3) is 0 Å². The minimum Gasteiger partial charge on any atom is -0.452 e. The van der Waals surface area contributed by atoms with E-state index in [4.69, 9.17) is 9.62 Å². The van der Waals surface area contributed by atoms with Gasteiger partial charge in [-0.05, 0) is 43.5 Å². The monoisotopic (exact) mass is 369 g/mol. The molecule has 0 saturated carbocycles. The Hall–Kier alpha value is -3.60. The number of hydrogen-bond donors (Lipinski definition) is 2. The van der Waals surface area contributed by atoms with Gasteiger partial charge in [-0.1, -0.05) is 41.1 Å². The summed E-state index contributed by atoms with van der Waals surface area (Å²) in [7, 11) is 0. The van der Waals surface area contributed by atoms with Gasteiger partial charge >= 0.3 is 0 Å². The van der Waals surface area contributed by atoms with Gasteiger partial charge in [0.15, 0.2) is 11.3 Å². The van der Waals surface area contributed by atoms with Gasteiger partial charge in [-0.15, -0.1) is 0 Å². The van der Waals surface area contributed by atoms with Crippen LogP contribution in [0.3, 0.4) is 0 Å². The quantitative estimate of drug-likeness (QED) is 0.360. The molecule has 2 aromatic carbocycles. The number of furan rings is 1. The van der Waals surface area contributed by atoms with Crippen molar-refractivity contribution in [1.82, 2.24) is 4.98 Å². The van der Waals surface area contributed by atoms with Gasteiger partial charge < -0.3 is 14.9 Å². The van der Waals surface area contributed by atoms with E-state index in [9.17, 15) is 0 Å². The number of nitrogens with zero attached hydrogens (tertiary/aromatic N) is 2. The van der Waals surface area contributed by atoms with Gasteiger partial charge in [0.1, 0.15) is 0 Å². The van der Waals surface area contributed by atoms with Crippen LogP contribution in [0, 0.1) is 6.92 Å². The second kappa shape index (κ2) is 6.53. The van der Waals surface area contributed by atoms with Crippen molar-refractivity contribution in [2.24, 2.45) is 5.16 Å². The van der Waals surface area contributed by atoms with E-state index in [2.05, 4.69) is 52.7 Å². The first-order chi connectivity index (χ1) is 13.7. The first-order valence-electron chi connectivity index (χ1n) is 9.28. The molecule has 2 N–H and O–H groups in total. The van der Waals surface area contributed by atoms with E-state index < -0.39 is 0 Å². The molecule has 0 bridgehead atoms. The molecule has 28 heavy (non-hydrogen) atoms. The minimum atomic E-state index is 0.747. The molecule has 0 amide bonds. The van der Waals surface area contributed by atoms with Crippen molar-refractivity contribution in [2.45, 2.75) is 19.8 Å². The zero-order valence-corrected chi connectivity index (χ0v) is 15.4. The summed E-state index contributed by atoms with van der Waals surface area (Å²) in [6.45, 7) is 2.07. The van der Waals surface area contributed by atoms with Gasteiger partial charge in [-0.3, -0.25) is 4.98 Å². The minimum absolute atomic E-state index is 0.747. The van der Waals surface area contributed by atoms with Crippen molar-refractivity contribution in [1.29, 1.82) is 0 Å². The van der Waals surface area contributed by atoms with E-state index in [0.29, 0.717) is 0 Å². The first kappa shape index (κ1) is 16.6. The molecule has 0 unspecified atom stereocenters. The molecule has 4 aromatic rings. The molecular formula is C23H19N3O2. The summed E-state index contributed by atoms with van der Waals surface area (Å²) >= 11 is 0. The number of hydrogen-bond acceptors (Lipinski definition) is 5. The smallest absolute Gasteiger partial charge is 0.158 e. The number of rotatable bonds is 3. The van der Waals surface area contributed by atoms with Crippen LogP contribution in [-0.4, -0.2) is 15.9 Å². The van der Waals surface area contributed by atoms with Crippen LogP contribution < -0.4 is 5.32 Å². The second-order valence-electron chi connectivity index (χ2n) is 7.09. The third-order valence-corrected chi connectivity index (χ3v) is 5.24. The van der Waals surface area contributed by atoms with Crippen LogP contribution >= 0.6 is 0 Å². The van der Waals surface area contributed by atoms with Gasteiger partial charge in [0.2, 0.25) is 0 Å².